The molecule has 0 aliphatic heterocycles. The average molecular weight is 286 g/mol. The van der Waals surface area contributed by atoms with Gasteiger partial charge in [0.15, 0.2) is 5.13 Å². The Morgan fingerprint density at radius 2 is 2.05 bits per heavy atom. The summed E-state index contributed by atoms with van der Waals surface area (Å²) < 4.78 is 0. The summed E-state index contributed by atoms with van der Waals surface area (Å²) in [7, 11) is 0. The summed E-state index contributed by atoms with van der Waals surface area (Å²) >= 11 is 1.44. The number of nitrogens with zero attached hydrogens (tertiary/aromatic N) is 1. The normalized spacial score (nSPS) is 10.2. The summed E-state index contributed by atoms with van der Waals surface area (Å²) in [5.41, 5.74) is 5.40. The first-order valence-corrected chi connectivity index (χ1v) is 7.32. The molecule has 0 radical (unpaired) electrons. The van der Waals surface area contributed by atoms with Crippen molar-refractivity contribution in [3.63, 3.8) is 0 Å². The first-order chi connectivity index (χ1) is 9.45. The molecule has 0 bridgehead atoms. The maximum atomic E-state index is 11.7. The number of aromatic nitrogens is 1. The molecule has 1 heterocycles. The van der Waals surface area contributed by atoms with Crippen LogP contribution in [0.25, 0.3) is 11.3 Å². The van der Waals surface area contributed by atoms with Gasteiger partial charge in [-0.2, -0.15) is 0 Å². The molecule has 104 valence electrons. The van der Waals surface area contributed by atoms with Crippen molar-refractivity contribution in [1.29, 1.82) is 0 Å². The number of anilines is 1. The molecule has 1 aromatic carbocycles. The number of aryl methyl sites for hydroxylation is 2. The summed E-state index contributed by atoms with van der Waals surface area (Å²) in [5, 5.41) is 5.38. The molecule has 20 heavy (non-hydrogen) atoms. The van der Waals surface area contributed by atoms with Crippen molar-refractivity contribution in [2.24, 2.45) is 0 Å². The molecule has 0 aliphatic rings. The lowest BCUT2D eigenvalue weighted by molar-refractivity contribution is -0.111. The Morgan fingerprint density at radius 3 is 2.70 bits per heavy atom. The van der Waals surface area contributed by atoms with E-state index in [0.29, 0.717) is 5.13 Å². The first kappa shape index (κ1) is 14.5. The Morgan fingerprint density at radius 1 is 1.30 bits per heavy atom. The van der Waals surface area contributed by atoms with Gasteiger partial charge in [-0.25, -0.2) is 4.98 Å². The van der Waals surface area contributed by atoms with E-state index in [0.717, 1.165) is 16.8 Å². The average Bonchev–Trinajstić information content (AvgIpc) is 2.75. The van der Waals surface area contributed by atoms with Crippen molar-refractivity contribution in [1.82, 2.24) is 4.98 Å². The third-order valence-electron chi connectivity index (χ3n) is 2.81. The molecule has 2 aromatic rings. The Bertz CT molecular complexity index is 667. The Labute approximate surface area is 123 Å². The van der Waals surface area contributed by atoms with Crippen LogP contribution in [-0.2, 0) is 4.79 Å². The zero-order valence-electron chi connectivity index (χ0n) is 12.2. The molecule has 0 saturated carbocycles. The second-order valence-corrected chi connectivity index (χ2v) is 5.93. The Hall–Kier alpha value is -1.94. The molecule has 3 nitrogen and oxygen atoms in total. The van der Waals surface area contributed by atoms with Crippen molar-refractivity contribution < 1.29 is 4.79 Å². The number of benzene rings is 1. The number of hydrogen-bond acceptors (Lipinski definition) is 3. The number of thiazole rings is 1. The van der Waals surface area contributed by atoms with Gasteiger partial charge in [0, 0.05) is 17.0 Å². The van der Waals surface area contributed by atoms with E-state index in [1.165, 1.54) is 22.5 Å². The molecule has 0 saturated heterocycles. The van der Waals surface area contributed by atoms with Gasteiger partial charge in [-0.15, -0.1) is 11.3 Å². The molecule has 0 unspecified atom stereocenters. The summed E-state index contributed by atoms with van der Waals surface area (Å²) in [6.45, 7) is 7.93. The molecule has 2 rings (SSSR count). The molecule has 0 aliphatic carbocycles. The van der Waals surface area contributed by atoms with E-state index in [2.05, 4.69) is 42.3 Å². The minimum atomic E-state index is -0.133. The molecular formula is C16H18N2OS. The van der Waals surface area contributed by atoms with E-state index in [1.54, 1.807) is 6.08 Å². The number of hydrogen-bond donors (Lipinski definition) is 1. The number of amides is 1. The Balaban J connectivity index is 2.21. The Kier molecular flexibility index (Phi) is 4.35. The summed E-state index contributed by atoms with van der Waals surface area (Å²) in [6, 6.07) is 6.28. The van der Waals surface area contributed by atoms with Crippen LogP contribution in [0, 0.1) is 13.8 Å². The van der Waals surface area contributed by atoms with Crippen molar-refractivity contribution in [3.8, 4) is 11.3 Å². The minimum Gasteiger partial charge on any atom is -0.298 e. The SMILES string of the molecule is CC(C)=CC(=O)Nc1nc(-c2ccc(C)cc2C)cs1. The molecular weight excluding hydrogens is 268 g/mol. The summed E-state index contributed by atoms with van der Waals surface area (Å²) in [6.07, 6.45) is 1.57. The van der Waals surface area contributed by atoms with Crippen LogP contribution in [0.4, 0.5) is 5.13 Å². The topological polar surface area (TPSA) is 42.0 Å². The van der Waals surface area contributed by atoms with E-state index < -0.39 is 0 Å². The molecule has 1 amide bonds. The summed E-state index contributed by atoms with van der Waals surface area (Å²) in [4.78, 5) is 16.1. The van der Waals surface area contributed by atoms with Crippen LogP contribution >= 0.6 is 11.3 Å². The second-order valence-electron chi connectivity index (χ2n) is 5.07. The van der Waals surface area contributed by atoms with Gasteiger partial charge in [0.1, 0.15) is 0 Å². The highest BCUT2D eigenvalue weighted by molar-refractivity contribution is 7.14. The van der Waals surface area contributed by atoms with Crippen molar-refractivity contribution >= 4 is 22.4 Å². The maximum Gasteiger partial charge on any atom is 0.250 e. The van der Waals surface area contributed by atoms with Gasteiger partial charge in [-0.05, 0) is 33.3 Å². The largest absolute Gasteiger partial charge is 0.298 e. The van der Waals surface area contributed by atoms with Gasteiger partial charge >= 0.3 is 0 Å². The van der Waals surface area contributed by atoms with E-state index in [9.17, 15) is 4.79 Å². The van der Waals surface area contributed by atoms with E-state index >= 15 is 0 Å². The zero-order chi connectivity index (χ0) is 14.7. The number of nitrogens with one attached hydrogen (secondary N) is 1. The summed E-state index contributed by atoms with van der Waals surface area (Å²) in [5.74, 6) is -0.133. The number of rotatable bonds is 3. The van der Waals surface area contributed by atoms with Crippen molar-refractivity contribution in [2.75, 3.05) is 5.32 Å². The minimum absolute atomic E-state index is 0.133. The smallest absolute Gasteiger partial charge is 0.250 e. The lowest BCUT2D eigenvalue weighted by Crippen LogP contribution is -2.07. The van der Waals surface area contributed by atoms with Crippen LogP contribution in [0.2, 0.25) is 0 Å². The third-order valence-corrected chi connectivity index (χ3v) is 3.57. The number of carbonyl (C=O) groups excluding carboxylic acids is 1. The van der Waals surface area contributed by atoms with Crippen LogP contribution in [-0.4, -0.2) is 10.9 Å². The first-order valence-electron chi connectivity index (χ1n) is 6.45. The van der Waals surface area contributed by atoms with Crippen LogP contribution in [0.15, 0.2) is 35.2 Å². The highest BCUT2D eigenvalue weighted by Crippen LogP contribution is 2.27. The van der Waals surface area contributed by atoms with Crippen LogP contribution in [0.1, 0.15) is 25.0 Å². The van der Waals surface area contributed by atoms with Crippen molar-refractivity contribution in [2.45, 2.75) is 27.7 Å². The molecule has 0 fully saturated rings. The fourth-order valence-electron chi connectivity index (χ4n) is 1.96. The zero-order valence-corrected chi connectivity index (χ0v) is 13.0. The highest BCUT2D eigenvalue weighted by Gasteiger charge is 2.08. The van der Waals surface area contributed by atoms with E-state index in [4.69, 9.17) is 0 Å². The highest BCUT2D eigenvalue weighted by atomic mass is 32.1. The van der Waals surface area contributed by atoms with Gasteiger partial charge in [-0.1, -0.05) is 29.3 Å². The molecule has 0 spiro atoms. The van der Waals surface area contributed by atoms with Gasteiger partial charge < -0.3 is 0 Å². The lowest BCUT2D eigenvalue weighted by atomic mass is 10.0. The van der Waals surface area contributed by atoms with Crippen LogP contribution in [0.5, 0.6) is 0 Å². The number of allylic oxidation sites excluding steroid dienone is 1. The van der Waals surface area contributed by atoms with Gasteiger partial charge in [0.2, 0.25) is 5.91 Å². The van der Waals surface area contributed by atoms with Crippen molar-refractivity contribution in [3.05, 3.63) is 46.4 Å². The second kappa shape index (κ2) is 6.01. The monoisotopic (exact) mass is 286 g/mol. The molecule has 1 aromatic heterocycles. The van der Waals surface area contributed by atoms with Gasteiger partial charge in [0.25, 0.3) is 0 Å². The van der Waals surface area contributed by atoms with Crippen LogP contribution < -0.4 is 5.32 Å². The third kappa shape index (κ3) is 3.54. The molecule has 0 atom stereocenters. The fourth-order valence-corrected chi connectivity index (χ4v) is 2.67. The van der Waals surface area contributed by atoms with Gasteiger partial charge in [0.05, 0.1) is 5.69 Å². The van der Waals surface area contributed by atoms with E-state index in [-0.39, 0.29) is 5.91 Å². The number of carbonyl (C=O) groups is 1. The van der Waals surface area contributed by atoms with Gasteiger partial charge in [-0.3, -0.25) is 10.1 Å². The van der Waals surface area contributed by atoms with E-state index in [1.807, 2.05) is 19.2 Å². The predicted octanol–water partition coefficient (Wildman–Crippen LogP) is 4.33. The fraction of sp³-hybridized carbons (Fsp3) is 0.250. The quantitative estimate of drug-likeness (QED) is 0.853. The van der Waals surface area contributed by atoms with Crippen LogP contribution in [0.3, 0.4) is 0 Å². The maximum absolute atomic E-state index is 11.7. The standard InChI is InChI=1S/C16H18N2OS/c1-10(2)7-15(19)18-16-17-14(9-20-16)13-6-5-11(3)8-12(13)4/h5-9H,1-4H3,(H,17,18,19). The molecule has 4 heteroatoms. The lowest BCUT2D eigenvalue weighted by Gasteiger charge is -2.03. The predicted molar refractivity (Wildman–Crippen MR) is 85.1 cm³/mol. The molecule has 1 N–H and O–H groups in total.